The maximum atomic E-state index is 9.31. The van der Waals surface area contributed by atoms with Crippen molar-refractivity contribution in [1.29, 1.82) is 5.41 Å². The summed E-state index contributed by atoms with van der Waals surface area (Å²) in [6.45, 7) is 0. The van der Waals surface area contributed by atoms with E-state index in [4.69, 9.17) is 15.9 Å². The normalized spacial score (nSPS) is 11.8. The van der Waals surface area contributed by atoms with E-state index in [1.807, 2.05) is 30.3 Å². The van der Waals surface area contributed by atoms with E-state index in [0.29, 0.717) is 5.75 Å². The van der Waals surface area contributed by atoms with Gasteiger partial charge in [-0.2, -0.15) is 0 Å². The number of benzene rings is 2. The lowest BCUT2D eigenvalue weighted by molar-refractivity contribution is 0.0401. The van der Waals surface area contributed by atoms with Crippen molar-refractivity contribution in [2.75, 3.05) is 0 Å². The quantitative estimate of drug-likeness (QED) is 0.434. The number of nitrogens with one attached hydrogen (secondary N) is 1. The summed E-state index contributed by atoms with van der Waals surface area (Å²) >= 11 is 0. The van der Waals surface area contributed by atoms with Gasteiger partial charge in [-0.05, 0) is 29.7 Å². The van der Waals surface area contributed by atoms with E-state index < -0.39 is 12.1 Å². The van der Waals surface area contributed by atoms with Crippen LogP contribution in [0.2, 0.25) is 0 Å². The van der Waals surface area contributed by atoms with Crippen LogP contribution in [0.1, 0.15) is 11.1 Å². The Balaban J connectivity index is 2.01. The molecule has 0 spiro atoms. The molecule has 2 aromatic carbocycles. The molecule has 0 aliphatic heterocycles. The minimum Gasteiger partial charge on any atom is -0.457 e. The maximum absolute atomic E-state index is 9.31. The minimum atomic E-state index is -1.39. The highest BCUT2D eigenvalue weighted by atomic mass is 16.6. The van der Waals surface area contributed by atoms with E-state index >= 15 is 0 Å². The average Bonchev–Trinajstić information content (AvgIpc) is 2.42. The molecule has 4 nitrogen and oxygen atoms in total. The van der Waals surface area contributed by atoms with Gasteiger partial charge in [0, 0.05) is 0 Å². The Morgan fingerprint density at radius 2 is 1.63 bits per heavy atom. The van der Waals surface area contributed by atoms with Crippen LogP contribution in [-0.2, 0) is 6.42 Å². The summed E-state index contributed by atoms with van der Waals surface area (Å²) in [7, 11) is 0. The van der Waals surface area contributed by atoms with Crippen molar-refractivity contribution in [3.63, 3.8) is 0 Å². The average molecular weight is 256 g/mol. The Morgan fingerprint density at radius 1 is 1.05 bits per heavy atom. The van der Waals surface area contributed by atoms with Crippen LogP contribution in [0.4, 0.5) is 0 Å². The van der Waals surface area contributed by atoms with Crippen LogP contribution in [0.5, 0.6) is 5.75 Å². The fraction of sp³-hybridized carbons (Fsp3) is 0.133. The maximum Gasteiger partial charge on any atom is 0.255 e. The van der Waals surface area contributed by atoms with Gasteiger partial charge in [0.15, 0.2) is 5.84 Å². The molecule has 0 fully saturated rings. The van der Waals surface area contributed by atoms with Gasteiger partial charge in [0.1, 0.15) is 5.75 Å². The molecule has 1 atom stereocenters. The zero-order valence-electron chi connectivity index (χ0n) is 10.4. The molecule has 0 saturated heterocycles. The zero-order chi connectivity index (χ0) is 13.7. The Labute approximate surface area is 112 Å². The van der Waals surface area contributed by atoms with Crippen molar-refractivity contribution in [1.82, 2.24) is 0 Å². The monoisotopic (exact) mass is 256 g/mol. The summed E-state index contributed by atoms with van der Waals surface area (Å²) in [6, 6.07) is 17.5. The van der Waals surface area contributed by atoms with E-state index in [1.54, 1.807) is 12.1 Å². The lowest BCUT2D eigenvalue weighted by atomic mass is 10.1. The fourth-order valence-electron chi connectivity index (χ4n) is 1.71. The summed E-state index contributed by atoms with van der Waals surface area (Å²) in [5.41, 5.74) is 7.51. The molecular formula is C15H16N2O2. The molecular weight excluding hydrogens is 240 g/mol. The summed E-state index contributed by atoms with van der Waals surface area (Å²) in [4.78, 5) is 0. The van der Waals surface area contributed by atoms with Crippen molar-refractivity contribution in [2.45, 2.75) is 12.7 Å². The smallest absolute Gasteiger partial charge is 0.255 e. The molecule has 0 aliphatic rings. The first-order valence-electron chi connectivity index (χ1n) is 5.96. The SMILES string of the molecule is N=C(N)C(O)Oc1ccc(Cc2ccccc2)cc1. The van der Waals surface area contributed by atoms with E-state index in [2.05, 4.69) is 12.1 Å². The molecule has 0 amide bonds. The van der Waals surface area contributed by atoms with Gasteiger partial charge in [0.2, 0.25) is 0 Å². The fourth-order valence-corrected chi connectivity index (χ4v) is 1.71. The predicted molar refractivity (Wildman–Crippen MR) is 74.2 cm³/mol. The summed E-state index contributed by atoms with van der Waals surface area (Å²) < 4.78 is 5.09. The lowest BCUT2D eigenvalue weighted by Gasteiger charge is -2.12. The largest absolute Gasteiger partial charge is 0.457 e. The molecule has 0 heterocycles. The molecule has 4 N–H and O–H groups in total. The molecule has 0 radical (unpaired) electrons. The number of nitrogens with two attached hydrogens (primary N) is 1. The highest BCUT2D eigenvalue weighted by molar-refractivity contribution is 5.80. The number of hydrogen-bond donors (Lipinski definition) is 3. The Hall–Kier alpha value is -2.33. The number of amidine groups is 1. The van der Waals surface area contributed by atoms with E-state index in [1.165, 1.54) is 5.56 Å². The van der Waals surface area contributed by atoms with Crippen LogP contribution in [0.25, 0.3) is 0 Å². The molecule has 0 saturated carbocycles. The molecule has 0 bridgehead atoms. The number of aliphatic hydroxyl groups excluding tert-OH is 1. The Kier molecular flexibility index (Phi) is 4.15. The predicted octanol–water partition coefficient (Wildman–Crippen LogP) is 1.91. The molecule has 2 rings (SSSR count). The summed E-state index contributed by atoms with van der Waals surface area (Å²) in [5, 5.41) is 16.4. The van der Waals surface area contributed by atoms with Crippen molar-refractivity contribution in [3.05, 3.63) is 65.7 Å². The second-order valence-electron chi connectivity index (χ2n) is 4.23. The lowest BCUT2D eigenvalue weighted by Crippen LogP contribution is -2.32. The van der Waals surface area contributed by atoms with E-state index in [0.717, 1.165) is 12.0 Å². The summed E-state index contributed by atoms with van der Waals surface area (Å²) in [5.74, 6) is 0.0767. The van der Waals surface area contributed by atoms with Crippen molar-refractivity contribution in [2.24, 2.45) is 5.73 Å². The molecule has 4 heteroatoms. The number of rotatable bonds is 5. The van der Waals surface area contributed by atoms with Crippen LogP contribution in [0.3, 0.4) is 0 Å². The first-order valence-corrected chi connectivity index (χ1v) is 5.96. The third-order valence-corrected chi connectivity index (χ3v) is 2.69. The molecule has 1 unspecified atom stereocenters. The molecule has 0 aliphatic carbocycles. The zero-order valence-corrected chi connectivity index (χ0v) is 10.4. The first-order chi connectivity index (χ1) is 9.15. The van der Waals surface area contributed by atoms with Gasteiger partial charge in [-0.15, -0.1) is 0 Å². The van der Waals surface area contributed by atoms with Gasteiger partial charge in [-0.25, -0.2) is 0 Å². The number of ether oxygens (including phenoxy) is 1. The van der Waals surface area contributed by atoms with Crippen molar-refractivity contribution < 1.29 is 9.84 Å². The molecule has 98 valence electrons. The Morgan fingerprint density at radius 3 is 2.21 bits per heavy atom. The van der Waals surface area contributed by atoms with Gasteiger partial charge in [0.05, 0.1) is 0 Å². The van der Waals surface area contributed by atoms with Crippen LogP contribution in [0.15, 0.2) is 54.6 Å². The first kappa shape index (κ1) is 13.1. The number of aliphatic hydroxyl groups is 1. The van der Waals surface area contributed by atoms with Gasteiger partial charge in [-0.1, -0.05) is 42.5 Å². The van der Waals surface area contributed by atoms with Crippen molar-refractivity contribution >= 4 is 5.84 Å². The van der Waals surface area contributed by atoms with Gasteiger partial charge in [0.25, 0.3) is 6.29 Å². The second-order valence-corrected chi connectivity index (χ2v) is 4.23. The summed E-state index contributed by atoms with van der Waals surface area (Å²) in [6.07, 6.45) is -0.545. The molecule has 19 heavy (non-hydrogen) atoms. The Bertz CT molecular complexity index is 538. The van der Waals surface area contributed by atoms with Crippen LogP contribution in [0, 0.1) is 5.41 Å². The van der Waals surface area contributed by atoms with Gasteiger partial charge < -0.3 is 15.6 Å². The third kappa shape index (κ3) is 3.82. The number of hydrogen-bond acceptors (Lipinski definition) is 3. The highest BCUT2D eigenvalue weighted by Crippen LogP contribution is 2.16. The highest BCUT2D eigenvalue weighted by Gasteiger charge is 2.08. The van der Waals surface area contributed by atoms with E-state index in [-0.39, 0.29) is 0 Å². The van der Waals surface area contributed by atoms with Gasteiger partial charge in [-0.3, -0.25) is 5.41 Å². The second kappa shape index (κ2) is 6.02. The van der Waals surface area contributed by atoms with Gasteiger partial charge >= 0.3 is 0 Å². The van der Waals surface area contributed by atoms with Crippen LogP contribution < -0.4 is 10.5 Å². The third-order valence-electron chi connectivity index (χ3n) is 2.69. The van der Waals surface area contributed by atoms with Crippen LogP contribution in [-0.4, -0.2) is 17.2 Å². The topological polar surface area (TPSA) is 79.3 Å². The van der Waals surface area contributed by atoms with Crippen molar-refractivity contribution in [3.8, 4) is 5.75 Å². The minimum absolute atomic E-state index is 0.409. The standard InChI is InChI=1S/C15H16N2O2/c16-14(17)15(18)19-13-8-6-12(7-9-13)10-11-4-2-1-3-5-11/h1-9,15,18H,10H2,(H3,16,17). The molecule has 0 aromatic heterocycles. The molecule has 2 aromatic rings. The van der Waals surface area contributed by atoms with E-state index in [9.17, 15) is 5.11 Å². The van der Waals surface area contributed by atoms with Crippen LogP contribution >= 0.6 is 0 Å².